The van der Waals surface area contributed by atoms with E-state index in [1.807, 2.05) is 0 Å². The predicted octanol–water partition coefficient (Wildman–Crippen LogP) is 4.22. The quantitative estimate of drug-likeness (QED) is 0.591. The summed E-state index contributed by atoms with van der Waals surface area (Å²) in [5, 5.41) is 1.68. The Morgan fingerprint density at radius 1 is 1.29 bits per heavy atom. The van der Waals surface area contributed by atoms with Gasteiger partial charge in [0.1, 0.15) is 0 Å². The van der Waals surface area contributed by atoms with Crippen LogP contribution in [0.3, 0.4) is 0 Å². The molecule has 0 aliphatic carbocycles. The van der Waals surface area contributed by atoms with Crippen LogP contribution in [0.4, 0.5) is 8.78 Å². The van der Waals surface area contributed by atoms with Crippen LogP contribution in [-0.2, 0) is 0 Å². The minimum atomic E-state index is -1.08. The summed E-state index contributed by atoms with van der Waals surface area (Å²) in [6, 6.07) is 3.43. The molecule has 2 rings (SSSR count). The number of rotatable bonds is 2. The van der Waals surface area contributed by atoms with Gasteiger partial charge in [0.25, 0.3) is 0 Å². The Morgan fingerprint density at radius 2 is 1.94 bits per heavy atom. The van der Waals surface area contributed by atoms with Crippen molar-refractivity contribution in [3.63, 3.8) is 0 Å². The molecule has 0 radical (unpaired) electrons. The van der Waals surface area contributed by atoms with Crippen molar-refractivity contribution in [2.24, 2.45) is 0 Å². The number of benzene rings is 1. The highest BCUT2D eigenvalue weighted by Crippen LogP contribution is 2.26. The van der Waals surface area contributed by atoms with Gasteiger partial charge in [-0.1, -0.05) is 11.6 Å². The van der Waals surface area contributed by atoms with E-state index in [4.69, 9.17) is 11.6 Å². The van der Waals surface area contributed by atoms with Gasteiger partial charge in [-0.05, 0) is 36.1 Å². The Bertz CT molecular complexity index is 592. The van der Waals surface area contributed by atoms with Gasteiger partial charge in [-0.15, -0.1) is 11.3 Å². The second-order valence-electron chi connectivity index (χ2n) is 3.51. The first-order valence-electron chi connectivity index (χ1n) is 4.74. The second-order valence-corrected chi connectivity index (χ2v) is 4.83. The normalized spacial score (nSPS) is 10.6. The lowest BCUT2D eigenvalue weighted by Gasteiger charge is -2.04. The molecule has 0 aliphatic heterocycles. The minimum Gasteiger partial charge on any atom is -0.288 e. The van der Waals surface area contributed by atoms with Crippen molar-refractivity contribution >= 4 is 28.7 Å². The summed E-state index contributed by atoms with van der Waals surface area (Å²) in [6.07, 6.45) is 0. The fourth-order valence-corrected chi connectivity index (χ4v) is 2.54. The Kier molecular flexibility index (Phi) is 3.26. The fourth-order valence-electron chi connectivity index (χ4n) is 1.42. The largest absolute Gasteiger partial charge is 0.288 e. The van der Waals surface area contributed by atoms with Crippen molar-refractivity contribution in [2.45, 2.75) is 6.92 Å². The van der Waals surface area contributed by atoms with Crippen molar-refractivity contribution in [3.05, 3.63) is 56.2 Å². The third kappa shape index (κ3) is 2.23. The summed E-state index contributed by atoms with van der Waals surface area (Å²) >= 11 is 6.99. The molecule has 2 aromatic rings. The van der Waals surface area contributed by atoms with Crippen molar-refractivity contribution < 1.29 is 13.6 Å². The molecule has 1 aromatic carbocycles. The van der Waals surface area contributed by atoms with Gasteiger partial charge in [0.2, 0.25) is 5.78 Å². The molecule has 17 heavy (non-hydrogen) atoms. The van der Waals surface area contributed by atoms with Gasteiger partial charge in [0, 0.05) is 5.56 Å². The Hall–Kier alpha value is -1.26. The molecule has 0 fully saturated rings. The predicted molar refractivity (Wildman–Crippen MR) is 63.9 cm³/mol. The van der Waals surface area contributed by atoms with E-state index in [2.05, 4.69) is 0 Å². The van der Waals surface area contributed by atoms with E-state index in [0.29, 0.717) is 4.88 Å². The zero-order chi connectivity index (χ0) is 12.6. The molecular weight excluding hydrogens is 266 g/mol. The molecule has 88 valence electrons. The van der Waals surface area contributed by atoms with Crippen LogP contribution >= 0.6 is 22.9 Å². The minimum absolute atomic E-state index is 0.0175. The first kappa shape index (κ1) is 12.2. The lowest BCUT2D eigenvalue weighted by atomic mass is 10.1. The van der Waals surface area contributed by atoms with E-state index in [1.54, 1.807) is 18.4 Å². The van der Waals surface area contributed by atoms with Gasteiger partial charge in [-0.3, -0.25) is 4.79 Å². The molecule has 0 amide bonds. The van der Waals surface area contributed by atoms with Crippen molar-refractivity contribution in [1.29, 1.82) is 0 Å². The molecular formula is C12H7ClF2OS. The summed E-state index contributed by atoms with van der Waals surface area (Å²) < 4.78 is 26.0. The SMILES string of the molecule is Cc1ccsc1C(=O)c1cc(F)c(F)cc1Cl. The number of halogens is 3. The number of thiophene rings is 1. The molecule has 1 nitrogen and oxygen atoms in total. The average molecular weight is 273 g/mol. The molecule has 0 unspecified atom stereocenters. The van der Waals surface area contributed by atoms with Crippen LogP contribution in [0.5, 0.6) is 0 Å². The van der Waals surface area contributed by atoms with Gasteiger partial charge in [0.15, 0.2) is 11.6 Å². The maximum absolute atomic E-state index is 13.1. The maximum atomic E-state index is 13.1. The molecule has 1 aromatic heterocycles. The van der Waals surface area contributed by atoms with Crippen LogP contribution in [0.25, 0.3) is 0 Å². The highest BCUT2D eigenvalue weighted by Gasteiger charge is 2.18. The van der Waals surface area contributed by atoms with Crippen molar-refractivity contribution in [1.82, 2.24) is 0 Å². The van der Waals surface area contributed by atoms with Crippen LogP contribution < -0.4 is 0 Å². The summed E-state index contributed by atoms with van der Waals surface area (Å²) in [7, 11) is 0. The maximum Gasteiger partial charge on any atom is 0.204 e. The van der Waals surface area contributed by atoms with E-state index in [9.17, 15) is 13.6 Å². The van der Waals surface area contributed by atoms with Crippen LogP contribution in [0.1, 0.15) is 20.8 Å². The highest BCUT2D eigenvalue weighted by atomic mass is 35.5. The van der Waals surface area contributed by atoms with E-state index in [-0.39, 0.29) is 16.4 Å². The molecule has 0 saturated heterocycles. The topological polar surface area (TPSA) is 17.1 Å². The third-order valence-electron chi connectivity index (χ3n) is 2.32. The number of aryl methyl sites for hydroxylation is 1. The monoisotopic (exact) mass is 272 g/mol. The van der Waals surface area contributed by atoms with Gasteiger partial charge < -0.3 is 0 Å². The Labute approximate surface area is 106 Å². The van der Waals surface area contributed by atoms with Crippen LogP contribution in [0, 0.1) is 18.6 Å². The van der Waals surface area contributed by atoms with E-state index < -0.39 is 11.6 Å². The second kappa shape index (κ2) is 4.55. The molecule has 0 aliphatic rings. The van der Waals surface area contributed by atoms with E-state index >= 15 is 0 Å². The highest BCUT2D eigenvalue weighted by molar-refractivity contribution is 7.12. The molecule has 0 saturated carbocycles. The van der Waals surface area contributed by atoms with Gasteiger partial charge in [-0.25, -0.2) is 8.78 Å². The summed E-state index contributed by atoms with van der Waals surface area (Å²) in [5.74, 6) is -2.53. The lowest BCUT2D eigenvalue weighted by Crippen LogP contribution is -2.03. The summed E-state index contributed by atoms with van der Waals surface area (Å²) in [6.45, 7) is 1.78. The van der Waals surface area contributed by atoms with Gasteiger partial charge >= 0.3 is 0 Å². The van der Waals surface area contributed by atoms with Crippen LogP contribution in [0.15, 0.2) is 23.6 Å². The first-order valence-corrected chi connectivity index (χ1v) is 6.00. The Balaban J connectivity index is 2.52. The van der Waals surface area contributed by atoms with Gasteiger partial charge in [0.05, 0.1) is 9.90 Å². The van der Waals surface area contributed by atoms with E-state index in [0.717, 1.165) is 17.7 Å². The summed E-state index contributed by atoms with van der Waals surface area (Å²) in [4.78, 5) is 12.5. The number of ketones is 1. The zero-order valence-corrected chi connectivity index (χ0v) is 10.3. The van der Waals surface area contributed by atoms with Crippen molar-refractivity contribution in [2.75, 3.05) is 0 Å². The standard InChI is InChI=1S/C12H7ClF2OS/c1-6-2-3-17-12(6)11(16)7-4-9(14)10(15)5-8(7)13/h2-5H,1H3. The Morgan fingerprint density at radius 3 is 2.53 bits per heavy atom. The van der Waals surface area contributed by atoms with Gasteiger partial charge in [-0.2, -0.15) is 0 Å². The smallest absolute Gasteiger partial charge is 0.204 e. The molecule has 0 atom stereocenters. The number of hydrogen-bond donors (Lipinski definition) is 0. The van der Waals surface area contributed by atoms with Crippen LogP contribution in [-0.4, -0.2) is 5.78 Å². The molecule has 0 spiro atoms. The molecule has 0 bridgehead atoms. The summed E-state index contributed by atoms with van der Waals surface area (Å²) in [5.41, 5.74) is 0.775. The number of carbonyl (C=O) groups is 1. The molecule has 1 heterocycles. The van der Waals surface area contributed by atoms with Crippen molar-refractivity contribution in [3.8, 4) is 0 Å². The van der Waals surface area contributed by atoms with E-state index in [1.165, 1.54) is 11.3 Å². The number of carbonyl (C=O) groups excluding carboxylic acids is 1. The lowest BCUT2D eigenvalue weighted by molar-refractivity contribution is 0.104. The number of hydrogen-bond acceptors (Lipinski definition) is 2. The zero-order valence-electron chi connectivity index (χ0n) is 8.76. The fraction of sp³-hybridized carbons (Fsp3) is 0.0833. The van der Waals surface area contributed by atoms with Crippen LogP contribution in [0.2, 0.25) is 5.02 Å². The third-order valence-corrected chi connectivity index (χ3v) is 3.65. The average Bonchev–Trinajstić information content (AvgIpc) is 2.69. The molecule has 0 N–H and O–H groups in total. The first-order chi connectivity index (χ1) is 8.00. The molecule has 5 heteroatoms.